The Kier molecular flexibility index (Phi) is 5.48. The summed E-state index contributed by atoms with van der Waals surface area (Å²) in [5, 5.41) is 8.92. The largest absolute Gasteiger partial charge is 0.497 e. The first kappa shape index (κ1) is 18.9. The van der Waals surface area contributed by atoms with E-state index < -0.39 is 37.1 Å². The fourth-order valence-electron chi connectivity index (χ4n) is 2.06. The zero-order valence-corrected chi connectivity index (χ0v) is 14.9. The van der Waals surface area contributed by atoms with Crippen LogP contribution in [0.25, 0.3) is 0 Å². The SMILES string of the molecule is COc1ccc(S(=O)(=O)CCS(=O)(=O)c2cccc(C(=O)O)c2)cc1. The zero-order valence-electron chi connectivity index (χ0n) is 13.2. The van der Waals surface area contributed by atoms with E-state index in [-0.39, 0.29) is 15.4 Å². The highest BCUT2D eigenvalue weighted by molar-refractivity contribution is 7.95. The molecule has 9 heteroatoms. The first-order valence-electron chi connectivity index (χ1n) is 7.09. The molecule has 0 aliphatic carbocycles. The molecule has 25 heavy (non-hydrogen) atoms. The van der Waals surface area contributed by atoms with E-state index >= 15 is 0 Å². The van der Waals surface area contributed by atoms with Crippen molar-refractivity contribution in [1.82, 2.24) is 0 Å². The number of aromatic carboxylic acids is 1. The molecule has 0 saturated heterocycles. The second-order valence-electron chi connectivity index (χ2n) is 5.15. The summed E-state index contributed by atoms with van der Waals surface area (Å²) in [5.74, 6) is -2.04. The third-order valence-corrected chi connectivity index (χ3v) is 7.18. The highest BCUT2D eigenvalue weighted by Crippen LogP contribution is 2.19. The van der Waals surface area contributed by atoms with Crippen LogP contribution in [0.5, 0.6) is 5.75 Å². The topological polar surface area (TPSA) is 115 Å². The standard InChI is InChI=1S/C16H16O7S2/c1-23-13-5-7-14(8-6-13)24(19,20)9-10-25(21,22)15-4-2-3-12(11-15)16(17)18/h2-8,11H,9-10H2,1H3,(H,17,18). The van der Waals surface area contributed by atoms with E-state index in [4.69, 9.17) is 9.84 Å². The van der Waals surface area contributed by atoms with Crippen molar-refractivity contribution in [3.8, 4) is 5.75 Å². The Labute approximate surface area is 145 Å². The van der Waals surface area contributed by atoms with Crippen LogP contribution in [0.4, 0.5) is 0 Å². The van der Waals surface area contributed by atoms with E-state index in [2.05, 4.69) is 0 Å². The highest BCUT2D eigenvalue weighted by Gasteiger charge is 2.22. The number of carbonyl (C=O) groups is 1. The van der Waals surface area contributed by atoms with Gasteiger partial charge in [-0.2, -0.15) is 0 Å². The second kappa shape index (κ2) is 7.24. The van der Waals surface area contributed by atoms with E-state index in [1.165, 1.54) is 49.6 Å². The number of methoxy groups -OCH3 is 1. The molecule has 0 spiro atoms. The average Bonchev–Trinajstić information content (AvgIpc) is 2.60. The summed E-state index contributed by atoms with van der Waals surface area (Å²) in [6.45, 7) is 0. The molecule has 0 atom stereocenters. The molecule has 0 amide bonds. The summed E-state index contributed by atoms with van der Waals surface area (Å²) in [6, 6.07) is 10.4. The van der Waals surface area contributed by atoms with E-state index in [0.717, 1.165) is 6.07 Å². The summed E-state index contributed by atoms with van der Waals surface area (Å²) in [7, 11) is -6.30. The molecule has 2 aromatic carbocycles. The lowest BCUT2D eigenvalue weighted by molar-refractivity contribution is 0.0696. The fourth-order valence-corrected chi connectivity index (χ4v) is 5.43. The third kappa shape index (κ3) is 4.58. The van der Waals surface area contributed by atoms with Crippen LogP contribution in [0.15, 0.2) is 58.3 Å². The van der Waals surface area contributed by atoms with Crippen molar-refractivity contribution >= 4 is 25.6 Å². The molecular formula is C16H16O7S2. The van der Waals surface area contributed by atoms with Crippen LogP contribution in [0.3, 0.4) is 0 Å². The maximum atomic E-state index is 12.3. The van der Waals surface area contributed by atoms with Gasteiger partial charge in [-0.15, -0.1) is 0 Å². The molecule has 0 fully saturated rings. The Balaban J connectivity index is 2.20. The molecule has 0 radical (unpaired) electrons. The smallest absolute Gasteiger partial charge is 0.335 e. The number of carboxylic acids is 1. The van der Waals surface area contributed by atoms with E-state index in [0.29, 0.717) is 5.75 Å². The zero-order chi connectivity index (χ0) is 18.7. The van der Waals surface area contributed by atoms with Crippen LogP contribution in [-0.2, 0) is 19.7 Å². The van der Waals surface area contributed by atoms with Crippen LogP contribution in [0, 0.1) is 0 Å². The van der Waals surface area contributed by atoms with Crippen molar-refractivity contribution in [2.24, 2.45) is 0 Å². The number of hydrogen-bond acceptors (Lipinski definition) is 6. The van der Waals surface area contributed by atoms with Crippen LogP contribution >= 0.6 is 0 Å². The van der Waals surface area contributed by atoms with Crippen LogP contribution in [-0.4, -0.2) is 46.5 Å². The summed E-state index contributed by atoms with van der Waals surface area (Å²) in [4.78, 5) is 10.7. The fraction of sp³-hybridized carbons (Fsp3) is 0.188. The molecule has 0 aromatic heterocycles. The molecular weight excluding hydrogens is 368 g/mol. The Morgan fingerprint density at radius 1 is 0.920 bits per heavy atom. The van der Waals surface area contributed by atoms with Gasteiger partial charge in [0.15, 0.2) is 19.7 Å². The summed E-state index contributed by atoms with van der Waals surface area (Å²) >= 11 is 0. The monoisotopic (exact) mass is 384 g/mol. The Morgan fingerprint density at radius 2 is 1.48 bits per heavy atom. The van der Waals surface area contributed by atoms with Crippen molar-refractivity contribution < 1.29 is 31.5 Å². The van der Waals surface area contributed by atoms with Gasteiger partial charge in [0, 0.05) is 0 Å². The quantitative estimate of drug-likeness (QED) is 0.771. The van der Waals surface area contributed by atoms with Gasteiger partial charge in [0.25, 0.3) is 0 Å². The number of sulfone groups is 2. The van der Waals surface area contributed by atoms with Crippen molar-refractivity contribution in [2.45, 2.75) is 9.79 Å². The molecule has 0 aliphatic rings. The van der Waals surface area contributed by atoms with E-state index in [1.807, 2.05) is 0 Å². The molecule has 0 saturated carbocycles. The molecule has 2 rings (SSSR count). The van der Waals surface area contributed by atoms with Gasteiger partial charge in [0.2, 0.25) is 0 Å². The van der Waals surface area contributed by atoms with Crippen molar-refractivity contribution in [3.63, 3.8) is 0 Å². The van der Waals surface area contributed by atoms with Gasteiger partial charge in [-0.3, -0.25) is 0 Å². The van der Waals surface area contributed by atoms with Gasteiger partial charge in [0.1, 0.15) is 5.75 Å². The number of carboxylic acid groups (broad SMARTS) is 1. The van der Waals surface area contributed by atoms with Crippen molar-refractivity contribution in [2.75, 3.05) is 18.6 Å². The van der Waals surface area contributed by atoms with Crippen LogP contribution in [0.1, 0.15) is 10.4 Å². The number of rotatable bonds is 7. The highest BCUT2D eigenvalue weighted by atomic mass is 32.2. The molecule has 2 aromatic rings. The minimum Gasteiger partial charge on any atom is -0.497 e. The van der Waals surface area contributed by atoms with Gasteiger partial charge < -0.3 is 9.84 Å². The normalized spacial score (nSPS) is 11.9. The molecule has 134 valence electrons. The van der Waals surface area contributed by atoms with Gasteiger partial charge in [-0.05, 0) is 42.5 Å². The molecule has 0 unspecified atom stereocenters. The van der Waals surface area contributed by atoms with Crippen LogP contribution < -0.4 is 4.74 Å². The first-order chi connectivity index (χ1) is 11.7. The van der Waals surface area contributed by atoms with Gasteiger partial charge in [-0.1, -0.05) is 6.07 Å². The van der Waals surface area contributed by atoms with Gasteiger partial charge in [0.05, 0.1) is 34.0 Å². The lowest BCUT2D eigenvalue weighted by atomic mass is 10.2. The van der Waals surface area contributed by atoms with Crippen molar-refractivity contribution in [3.05, 3.63) is 54.1 Å². The molecule has 0 bridgehead atoms. The molecule has 0 heterocycles. The Morgan fingerprint density at radius 3 is 2.00 bits per heavy atom. The molecule has 1 N–H and O–H groups in total. The van der Waals surface area contributed by atoms with Crippen LogP contribution in [0.2, 0.25) is 0 Å². The molecule has 7 nitrogen and oxygen atoms in total. The number of ether oxygens (including phenoxy) is 1. The lowest BCUT2D eigenvalue weighted by Crippen LogP contribution is -2.18. The number of benzene rings is 2. The van der Waals surface area contributed by atoms with Gasteiger partial charge >= 0.3 is 5.97 Å². The predicted octanol–water partition coefficient (Wildman–Crippen LogP) is 1.64. The Bertz CT molecular complexity index is 975. The first-order valence-corrected chi connectivity index (χ1v) is 10.4. The predicted molar refractivity (Wildman–Crippen MR) is 90.5 cm³/mol. The second-order valence-corrected chi connectivity index (χ2v) is 9.36. The maximum absolute atomic E-state index is 12.3. The number of hydrogen-bond donors (Lipinski definition) is 1. The minimum absolute atomic E-state index is 0.0113. The lowest BCUT2D eigenvalue weighted by Gasteiger charge is -2.07. The summed E-state index contributed by atoms with van der Waals surface area (Å²) < 4.78 is 54.1. The van der Waals surface area contributed by atoms with E-state index in [9.17, 15) is 21.6 Å². The Hall–Kier alpha value is -2.39. The van der Waals surface area contributed by atoms with Crippen molar-refractivity contribution in [1.29, 1.82) is 0 Å². The van der Waals surface area contributed by atoms with Gasteiger partial charge in [-0.25, -0.2) is 21.6 Å². The minimum atomic E-state index is -3.94. The average molecular weight is 384 g/mol. The molecule has 0 aliphatic heterocycles. The third-order valence-electron chi connectivity index (χ3n) is 3.48. The summed E-state index contributed by atoms with van der Waals surface area (Å²) in [5.41, 5.74) is -0.181. The van der Waals surface area contributed by atoms with E-state index in [1.54, 1.807) is 0 Å². The summed E-state index contributed by atoms with van der Waals surface area (Å²) in [6.07, 6.45) is 0. The maximum Gasteiger partial charge on any atom is 0.335 e.